The van der Waals surface area contributed by atoms with E-state index in [4.69, 9.17) is 12.2 Å². The molecule has 0 radical (unpaired) electrons. The molecule has 1 aliphatic carbocycles. The quantitative estimate of drug-likeness (QED) is 0.828. The van der Waals surface area contributed by atoms with Crippen LogP contribution >= 0.6 is 12.2 Å². The lowest BCUT2D eigenvalue weighted by Crippen LogP contribution is -2.35. The van der Waals surface area contributed by atoms with E-state index in [1.54, 1.807) is 0 Å². The third-order valence-electron chi connectivity index (χ3n) is 4.18. The largest absolute Gasteiger partial charge is 0.332 e. The lowest BCUT2D eigenvalue weighted by atomic mass is 10.0. The van der Waals surface area contributed by atoms with Gasteiger partial charge in [0.2, 0.25) is 5.91 Å². The van der Waals surface area contributed by atoms with Gasteiger partial charge in [-0.3, -0.25) is 4.79 Å². The van der Waals surface area contributed by atoms with Gasteiger partial charge in [0.25, 0.3) is 0 Å². The second-order valence-corrected chi connectivity index (χ2v) is 6.23. The molecular weight excluding hydrogens is 280 g/mol. The van der Waals surface area contributed by atoms with Crippen LogP contribution < -0.4 is 10.6 Å². The molecule has 0 atom stereocenters. The molecule has 0 spiro atoms. The fourth-order valence-electron chi connectivity index (χ4n) is 3.00. The Balaban J connectivity index is 1.90. The highest BCUT2D eigenvalue weighted by atomic mass is 32.1. The van der Waals surface area contributed by atoms with E-state index < -0.39 is 0 Å². The average molecular weight is 304 g/mol. The van der Waals surface area contributed by atoms with Crippen LogP contribution in [0, 0.1) is 12.8 Å². The predicted molar refractivity (Wildman–Crippen MR) is 91.5 cm³/mol. The number of carbonyl (C=O) groups is 1. The summed E-state index contributed by atoms with van der Waals surface area (Å²) < 4.78 is 0. The topological polar surface area (TPSA) is 41.1 Å². The third-order valence-corrected chi connectivity index (χ3v) is 4.38. The van der Waals surface area contributed by atoms with Gasteiger partial charge in [0.05, 0.1) is 0 Å². The van der Waals surface area contributed by atoms with E-state index in [1.807, 2.05) is 19.1 Å². The van der Waals surface area contributed by atoms with E-state index >= 15 is 0 Å². The van der Waals surface area contributed by atoms with Crippen LogP contribution in [0.25, 0.3) is 0 Å². The Morgan fingerprint density at radius 3 is 2.71 bits per heavy atom. The highest BCUT2D eigenvalue weighted by Crippen LogP contribution is 2.27. The van der Waals surface area contributed by atoms with Crippen LogP contribution in [0.2, 0.25) is 0 Å². The van der Waals surface area contributed by atoms with Crippen molar-refractivity contribution in [3.8, 4) is 0 Å². The molecule has 1 aromatic rings. The van der Waals surface area contributed by atoms with E-state index in [1.165, 1.54) is 31.2 Å². The zero-order chi connectivity index (χ0) is 15.2. The molecule has 1 aromatic carbocycles. The maximum atomic E-state index is 12.0. The first kappa shape index (κ1) is 16.0. The SMILES string of the molecule is CCc1cccc(C)c1NC(=S)NC(=O)CC1CCCC1. The molecule has 2 rings (SSSR count). The van der Waals surface area contributed by atoms with Crippen LogP contribution in [0.15, 0.2) is 18.2 Å². The van der Waals surface area contributed by atoms with Gasteiger partial charge < -0.3 is 10.6 Å². The van der Waals surface area contributed by atoms with E-state index in [0.717, 1.165) is 17.7 Å². The fourth-order valence-corrected chi connectivity index (χ4v) is 3.22. The number of amides is 1. The van der Waals surface area contributed by atoms with Crippen LogP contribution in [-0.2, 0) is 11.2 Å². The van der Waals surface area contributed by atoms with Crippen molar-refractivity contribution in [3.05, 3.63) is 29.3 Å². The fraction of sp³-hybridized carbons (Fsp3) is 0.529. The summed E-state index contributed by atoms with van der Waals surface area (Å²) in [6.07, 6.45) is 6.38. The van der Waals surface area contributed by atoms with Crippen molar-refractivity contribution in [2.24, 2.45) is 5.92 Å². The number of carbonyl (C=O) groups excluding carboxylic acids is 1. The van der Waals surface area contributed by atoms with E-state index in [-0.39, 0.29) is 5.91 Å². The average Bonchev–Trinajstić information content (AvgIpc) is 2.93. The van der Waals surface area contributed by atoms with Crippen LogP contribution in [0.1, 0.15) is 50.2 Å². The van der Waals surface area contributed by atoms with Crippen molar-refractivity contribution in [3.63, 3.8) is 0 Å². The molecule has 0 heterocycles. The molecule has 0 saturated heterocycles. The molecule has 1 fully saturated rings. The first-order chi connectivity index (χ1) is 10.1. The summed E-state index contributed by atoms with van der Waals surface area (Å²) in [6, 6.07) is 6.17. The van der Waals surface area contributed by atoms with Crippen LogP contribution in [0.4, 0.5) is 5.69 Å². The number of aryl methyl sites for hydroxylation is 2. The smallest absolute Gasteiger partial charge is 0.226 e. The maximum Gasteiger partial charge on any atom is 0.226 e. The monoisotopic (exact) mass is 304 g/mol. The number of thiocarbonyl (C=S) groups is 1. The molecule has 21 heavy (non-hydrogen) atoms. The molecule has 114 valence electrons. The first-order valence-electron chi connectivity index (χ1n) is 7.79. The Labute approximate surface area is 132 Å². The number of rotatable bonds is 4. The molecule has 4 heteroatoms. The normalized spacial score (nSPS) is 15.0. The van der Waals surface area contributed by atoms with Gasteiger partial charge in [-0.25, -0.2) is 0 Å². The molecule has 2 N–H and O–H groups in total. The first-order valence-corrected chi connectivity index (χ1v) is 8.20. The lowest BCUT2D eigenvalue weighted by Gasteiger charge is -2.16. The Morgan fingerprint density at radius 2 is 2.05 bits per heavy atom. The number of benzene rings is 1. The zero-order valence-corrected chi connectivity index (χ0v) is 13.7. The highest BCUT2D eigenvalue weighted by molar-refractivity contribution is 7.80. The molecule has 0 aliphatic heterocycles. The van der Waals surface area contributed by atoms with Crippen LogP contribution in [0.3, 0.4) is 0 Å². The van der Waals surface area contributed by atoms with Gasteiger partial charge in [-0.15, -0.1) is 0 Å². The van der Waals surface area contributed by atoms with Gasteiger partial charge in [0, 0.05) is 12.1 Å². The molecule has 1 amide bonds. The number of anilines is 1. The van der Waals surface area contributed by atoms with Gasteiger partial charge in [0.1, 0.15) is 0 Å². The Kier molecular flexibility index (Phi) is 5.74. The van der Waals surface area contributed by atoms with Gasteiger partial charge in [-0.1, -0.05) is 38.0 Å². The predicted octanol–water partition coefficient (Wildman–Crippen LogP) is 3.95. The van der Waals surface area contributed by atoms with Gasteiger partial charge in [-0.2, -0.15) is 0 Å². The van der Waals surface area contributed by atoms with Crippen molar-refractivity contribution in [1.29, 1.82) is 0 Å². The van der Waals surface area contributed by atoms with Crippen molar-refractivity contribution in [2.75, 3.05) is 5.32 Å². The standard InChI is InChI=1S/C17H24N2OS/c1-3-14-10-6-7-12(2)16(14)19-17(21)18-15(20)11-13-8-4-5-9-13/h6-7,10,13H,3-5,8-9,11H2,1-2H3,(H2,18,19,20,21). The minimum absolute atomic E-state index is 0.0334. The van der Waals surface area contributed by atoms with Crippen LogP contribution in [0.5, 0.6) is 0 Å². The van der Waals surface area contributed by atoms with Gasteiger partial charge in [-0.05, 0) is 55.4 Å². The van der Waals surface area contributed by atoms with Crippen molar-refractivity contribution < 1.29 is 4.79 Å². The van der Waals surface area contributed by atoms with Gasteiger partial charge >= 0.3 is 0 Å². The Morgan fingerprint density at radius 1 is 1.33 bits per heavy atom. The summed E-state index contributed by atoms with van der Waals surface area (Å²) in [7, 11) is 0. The summed E-state index contributed by atoms with van der Waals surface area (Å²) in [6.45, 7) is 4.16. The molecule has 1 aliphatic rings. The van der Waals surface area contributed by atoms with Crippen molar-refractivity contribution >= 4 is 28.9 Å². The number of hydrogen-bond acceptors (Lipinski definition) is 2. The molecule has 0 unspecified atom stereocenters. The van der Waals surface area contributed by atoms with Crippen molar-refractivity contribution in [2.45, 2.75) is 52.4 Å². The Hall–Kier alpha value is -1.42. The lowest BCUT2D eigenvalue weighted by molar-refractivity contribution is -0.120. The van der Waals surface area contributed by atoms with Crippen molar-refractivity contribution in [1.82, 2.24) is 5.32 Å². The molecule has 0 aromatic heterocycles. The second-order valence-electron chi connectivity index (χ2n) is 5.82. The Bertz CT molecular complexity index is 522. The molecule has 0 bridgehead atoms. The molecule has 1 saturated carbocycles. The summed E-state index contributed by atoms with van der Waals surface area (Å²) in [5.74, 6) is 0.573. The van der Waals surface area contributed by atoms with E-state index in [9.17, 15) is 4.79 Å². The summed E-state index contributed by atoms with van der Waals surface area (Å²) in [5, 5.41) is 6.40. The molecular formula is C17H24N2OS. The van der Waals surface area contributed by atoms with Crippen LogP contribution in [-0.4, -0.2) is 11.0 Å². The molecule has 3 nitrogen and oxygen atoms in total. The minimum Gasteiger partial charge on any atom is -0.332 e. The zero-order valence-electron chi connectivity index (χ0n) is 12.9. The second kappa shape index (κ2) is 7.55. The summed E-state index contributed by atoms with van der Waals surface area (Å²) in [5.41, 5.74) is 3.37. The van der Waals surface area contributed by atoms with E-state index in [2.05, 4.69) is 23.6 Å². The summed E-state index contributed by atoms with van der Waals surface area (Å²) in [4.78, 5) is 12.0. The third kappa shape index (κ3) is 4.53. The summed E-state index contributed by atoms with van der Waals surface area (Å²) >= 11 is 5.28. The highest BCUT2D eigenvalue weighted by Gasteiger charge is 2.19. The van der Waals surface area contributed by atoms with E-state index in [0.29, 0.717) is 17.5 Å². The number of hydrogen-bond donors (Lipinski definition) is 2. The minimum atomic E-state index is 0.0334. The number of nitrogens with one attached hydrogen (secondary N) is 2. The number of para-hydroxylation sites is 1. The maximum absolute atomic E-state index is 12.0. The van der Waals surface area contributed by atoms with Gasteiger partial charge in [0.15, 0.2) is 5.11 Å².